The Morgan fingerprint density at radius 3 is 2.55 bits per heavy atom. The Kier molecular flexibility index (Phi) is 5.76. The molecular formula is C13H16ClFN2O3. The molecule has 0 aliphatic carbocycles. The summed E-state index contributed by atoms with van der Waals surface area (Å²) in [5.74, 6) is -1.58. The summed E-state index contributed by atoms with van der Waals surface area (Å²) in [6.45, 7) is 3.71. The van der Waals surface area contributed by atoms with Crippen molar-refractivity contribution in [3.05, 3.63) is 29.0 Å². The summed E-state index contributed by atoms with van der Waals surface area (Å²) in [7, 11) is 0. The summed E-state index contributed by atoms with van der Waals surface area (Å²) in [6, 6.07) is 2.03. The van der Waals surface area contributed by atoms with Crippen LogP contribution in [0.15, 0.2) is 18.2 Å². The van der Waals surface area contributed by atoms with Crippen molar-refractivity contribution in [2.45, 2.75) is 26.3 Å². The van der Waals surface area contributed by atoms with Crippen LogP contribution in [-0.2, 0) is 4.79 Å². The van der Waals surface area contributed by atoms with Crippen molar-refractivity contribution in [1.82, 2.24) is 5.32 Å². The third-order valence-electron chi connectivity index (χ3n) is 2.49. The number of carboxylic acid groups (broad SMARTS) is 1. The Morgan fingerprint density at radius 1 is 1.40 bits per heavy atom. The van der Waals surface area contributed by atoms with Crippen LogP contribution >= 0.6 is 11.6 Å². The Hall–Kier alpha value is -1.82. The number of urea groups is 1. The van der Waals surface area contributed by atoms with E-state index >= 15 is 0 Å². The van der Waals surface area contributed by atoms with Gasteiger partial charge in [-0.3, -0.25) is 0 Å². The van der Waals surface area contributed by atoms with E-state index in [9.17, 15) is 14.0 Å². The Bertz CT molecular complexity index is 508. The predicted molar refractivity (Wildman–Crippen MR) is 74.4 cm³/mol. The molecule has 3 N–H and O–H groups in total. The van der Waals surface area contributed by atoms with Crippen LogP contribution in [0.4, 0.5) is 14.9 Å². The monoisotopic (exact) mass is 302 g/mol. The minimum absolute atomic E-state index is 0.122. The van der Waals surface area contributed by atoms with Crippen molar-refractivity contribution in [2.24, 2.45) is 5.92 Å². The molecule has 0 unspecified atom stereocenters. The maximum Gasteiger partial charge on any atom is 0.326 e. The van der Waals surface area contributed by atoms with Gasteiger partial charge in [-0.15, -0.1) is 0 Å². The molecule has 1 rings (SSSR count). The summed E-state index contributed by atoms with van der Waals surface area (Å²) in [5, 5.41) is 13.6. The van der Waals surface area contributed by atoms with E-state index in [4.69, 9.17) is 16.7 Å². The zero-order valence-corrected chi connectivity index (χ0v) is 11.9. The van der Waals surface area contributed by atoms with Crippen LogP contribution in [0, 0.1) is 11.7 Å². The lowest BCUT2D eigenvalue weighted by molar-refractivity contribution is -0.139. The van der Waals surface area contributed by atoms with Crippen molar-refractivity contribution in [1.29, 1.82) is 0 Å². The number of hydrogen-bond donors (Lipinski definition) is 3. The highest BCUT2D eigenvalue weighted by Crippen LogP contribution is 2.19. The largest absolute Gasteiger partial charge is 0.480 e. The fourth-order valence-electron chi connectivity index (χ4n) is 1.59. The number of carbonyl (C=O) groups is 2. The number of halogens is 2. The number of nitrogens with one attached hydrogen (secondary N) is 2. The predicted octanol–water partition coefficient (Wildman–Crippen LogP) is 3.10. The van der Waals surface area contributed by atoms with Gasteiger partial charge in [0.15, 0.2) is 0 Å². The normalized spacial score (nSPS) is 12.1. The van der Waals surface area contributed by atoms with E-state index in [-0.39, 0.29) is 16.6 Å². The number of carboxylic acids is 1. The number of anilines is 1. The van der Waals surface area contributed by atoms with Crippen molar-refractivity contribution in [2.75, 3.05) is 5.32 Å². The number of amides is 2. The van der Waals surface area contributed by atoms with Crippen molar-refractivity contribution >= 4 is 29.3 Å². The molecule has 0 aromatic heterocycles. The molecule has 0 radical (unpaired) electrons. The first kappa shape index (κ1) is 16.2. The molecular weight excluding hydrogens is 287 g/mol. The summed E-state index contributed by atoms with van der Waals surface area (Å²) >= 11 is 5.58. The average Bonchev–Trinajstić information content (AvgIpc) is 2.32. The van der Waals surface area contributed by atoms with Crippen LogP contribution in [0.5, 0.6) is 0 Å². The molecule has 0 spiro atoms. The summed E-state index contributed by atoms with van der Waals surface area (Å²) < 4.78 is 13.0. The first-order valence-corrected chi connectivity index (χ1v) is 6.42. The first-order chi connectivity index (χ1) is 9.29. The zero-order chi connectivity index (χ0) is 15.3. The lowest BCUT2D eigenvalue weighted by Crippen LogP contribution is -2.43. The van der Waals surface area contributed by atoms with Gasteiger partial charge in [0, 0.05) is 5.69 Å². The highest BCUT2D eigenvalue weighted by Gasteiger charge is 2.21. The smallest absolute Gasteiger partial charge is 0.326 e. The average molecular weight is 303 g/mol. The Labute approximate surface area is 121 Å². The second kappa shape index (κ2) is 7.09. The number of rotatable bonds is 5. The van der Waals surface area contributed by atoms with Gasteiger partial charge in [0.1, 0.15) is 11.9 Å². The van der Waals surface area contributed by atoms with Gasteiger partial charge in [-0.05, 0) is 30.5 Å². The molecule has 2 amide bonds. The molecule has 0 saturated carbocycles. The highest BCUT2D eigenvalue weighted by atomic mass is 35.5. The fourth-order valence-corrected chi connectivity index (χ4v) is 1.77. The number of aliphatic carboxylic acids is 1. The molecule has 1 aromatic rings. The van der Waals surface area contributed by atoms with Crippen LogP contribution in [0.3, 0.4) is 0 Å². The van der Waals surface area contributed by atoms with Gasteiger partial charge >= 0.3 is 12.0 Å². The van der Waals surface area contributed by atoms with Gasteiger partial charge < -0.3 is 15.7 Å². The molecule has 0 aliphatic heterocycles. The molecule has 0 bridgehead atoms. The first-order valence-electron chi connectivity index (χ1n) is 6.05. The lowest BCUT2D eigenvalue weighted by Gasteiger charge is -2.17. The molecule has 20 heavy (non-hydrogen) atoms. The van der Waals surface area contributed by atoms with Gasteiger partial charge in [0.2, 0.25) is 0 Å². The minimum atomic E-state index is -1.11. The maximum atomic E-state index is 13.0. The molecule has 0 heterocycles. The molecule has 0 fully saturated rings. The van der Waals surface area contributed by atoms with Crippen LogP contribution in [0.1, 0.15) is 20.3 Å². The number of benzene rings is 1. The highest BCUT2D eigenvalue weighted by molar-refractivity contribution is 6.31. The van der Waals surface area contributed by atoms with Gasteiger partial charge in [-0.2, -0.15) is 0 Å². The van der Waals surface area contributed by atoms with E-state index in [1.54, 1.807) is 0 Å². The van der Waals surface area contributed by atoms with Crippen LogP contribution in [0.2, 0.25) is 5.02 Å². The molecule has 7 heteroatoms. The SMILES string of the molecule is CC(C)C[C@@H](NC(=O)Nc1ccc(F)c(Cl)c1)C(=O)O. The summed E-state index contributed by atoms with van der Waals surface area (Å²) in [4.78, 5) is 22.7. The zero-order valence-electron chi connectivity index (χ0n) is 11.1. The van der Waals surface area contributed by atoms with E-state index in [2.05, 4.69) is 10.6 Å². The summed E-state index contributed by atoms with van der Waals surface area (Å²) in [6.07, 6.45) is 0.312. The molecule has 0 aliphatic rings. The van der Waals surface area contributed by atoms with E-state index in [0.29, 0.717) is 6.42 Å². The van der Waals surface area contributed by atoms with E-state index in [1.807, 2.05) is 13.8 Å². The van der Waals surface area contributed by atoms with Gasteiger partial charge in [-0.1, -0.05) is 25.4 Å². The van der Waals surface area contributed by atoms with Crippen LogP contribution < -0.4 is 10.6 Å². The quantitative estimate of drug-likeness (QED) is 0.782. The summed E-state index contributed by atoms with van der Waals surface area (Å²) in [5.41, 5.74) is 0.280. The molecule has 1 atom stereocenters. The molecule has 110 valence electrons. The molecule has 0 saturated heterocycles. The Morgan fingerprint density at radius 2 is 2.05 bits per heavy atom. The molecule has 1 aromatic carbocycles. The standard InChI is InChI=1S/C13H16ClFN2O3/c1-7(2)5-11(12(18)19)17-13(20)16-8-3-4-10(15)9(14)6-8/h3-4,6-7,11H,5H2,1-2H3,(H,18,19)(H2,16,17,20)/t11-/m1/s1. The van der Waals surface area contributed by atoms with Crippen molar-refractivity contribution in [3.8, 4) is 0 Å². The fraction of sp³-hybridized carbons (Fsp3) is 0.385. The van der Waals surface area contributed by atoms with Crippen molar-refractivity contribution < 1.29 is 19.1 Å². The van der Waals surface area contributed by atoms with E-state index in [1.165, 1.54) is 12.1 Å². The van der Waals surface area contributed by atoms with Crippen LogP contribution in [0.25, 0.3) is 0 Å². The maximum absolute atomic E-state index is 13.0. The Balaban J connectivity index is 2.65. The van der Waals surface area contributed by atoms with Gasteiger partial charge in [-0.25, -0.2) is 14.0 Å². The van der Waals surface area contributed by atoms with Gasteiger partial charge in [0.05, 0.1) is 5.02 Å². The minimum Gasteiger partial charge on any atom is -0.480 e. The topological polar surface area (TPSA) is 78.4 Å². The van der Waals surface area contributed by atoms with Gasteiger partial charge in [0.25, 0.3) is 0 Å². The number of hydrogen-bond acceptors (Lipinski definition) is 2. The van der Waals surface area contributed by atoms with Crippen LogP contribution in [-0.4, -0.2) is 23.1 Å². The van der Waals surface area contributed by atoms with E-state index in [0.717, 1.165) is 6.07 Å². The molecule has 5 nitrogen and oxygen atoms in total. The van der Waals surface area contributed by atoms with Crippen molar-refractivity contribution in [3.63, 3.8) is 0 Å². The second-order valence-electron chi connectivity index (χ2n) is 4.75. The lowest BCUT2D eigenvalue weighted by atomic mass is 10.0. The third-order valence-corrected chi connectivity index (χ3v) is 2.78. The third kappa shape index (κ3) is 5.05. The van der Waals surface area contributed by atoms with E-state index < -0.39 is 23.9 Å². The second-order valence-corrected chi connectivity index (χ2v) is 5.15. The number of carbonyl (C=O) groups excluding carboxylic acids is 1.